The highest BCUT2D eigenvalue weighted by Gasteiger charge is 2.27. The van der Waals surface area contributed by atoms with Gasteiger partial charge in [0.05, 0.1) is 29.1 Å². The number of esters is 2. The molecular weight excluding hydrogens is 396 g/mol. The summed E-state index contributed by atoms with van der Waals surface area (Å²) in [6.07, 6.45) is 1.74. The van der Waals surface area contributed by atoms with E-state index in [1.165, 1.54) is 19.1 Å². The summed E-state index contributed by atoms with van der Waals surface area (Å²) in [5.41, 5.74) is 2.97. The highest BCUT2D eigenvalue weighted by molar-refractivity contribution is 6.04. The van der Waals surface area contributed by atoms with E-state index >= 15 is 0 Å². The normalized spacial score (nSPS) is 12.1. The minimum Gasteiger partial charge on any atom is -0.462 e. The third kappa shape index (κ3) is 4.88. The number of H-pyrrole nitrogens is 1. The van der Waals surface area contributed by atoms with E-state index in [0.29, 0.717) is 22.5 Å². The number of hydrogen-bond donors (Lipinski definition) is 1. The maximum Gasteiger partial charge on any atom is 0.340 e. The summed E-state index contributed by atoms with van der Waals surface area (Å²) in [6, 6.07) is 11.4. The Morgan fingerprint density at radius 1 is 1.13 bits per heavy atom. The molecule has 0 aliphatic heterocycles. The van der Waals surface area contributed by atoms with E-state index in [1.807, 2.05) is 30.3 Å². The molecule has 160 valence electrons. The quantitative estimate of drug-likeness (QED) is 0.350. The molecule has 0 aliphatic carbocycles. The maximum atomic E-state index is 12.8. The Morgan fingerprint density at radius 2 is 1.87 bits per heavy atom. The standard InChI is InChI=1S/C24H24N2O5/c1-5-30-24(29)21-14(2)22(25-15(21)3)23(28)16(4)31-20(27)13-12-18-11-10-17-8-6-7-9-19(17)26-18/h6-13,16,25H,5H2,1-4H3/b13-12+/t16-/m1/s1. The van der Waals surface area contributed by atoms with Crippen LogP contribution in [0.25, 0.3) is 17.0 Å². The van der Waals surface area contributed by atoms with E-state index in [9.17, 15) is 14.4 Å². The molecule has 1 atom stereocenters. The summed E-state index contributed by atoms with van der Waals surface area (Å²) in [5.74, 6) is -1.59. The molecule has 1 aromatic carbocycles. The topological polar surface area (TPSA) is 98.4 Å². The van der Waals surface area contributed by atoms with Crippen molar-refractivity contribution in [2.75, 3.05) is 6.61 Å². The number of Topliss-reactive ketones (excluding diaryl/α,β-unsaturated/α-hetero) is 1. The summed E-state index contributed by atoms with van der Waals surface area (Å²) in [4.78, 5) is 44.5. The number of benzene rings is 1. The number of nitrogens with one attached hydrogen (secondary N) is 1. The minimum atomic E-state index is -1.03. The van der Waals surface area contributed by atoms with Crippen LogP contribution in [0.4, 0.5) is 0 Å². The number of nitrogens with zero attached hydrogens (tertiary/aromatic N) is 1. The molecule has 31 heavy (non-hydrogen) atoms. The molecule has 7 heteroatoms. The van der Waals surface area contributed by atoms with Crippen LogP contribution in [0.3, 0.4) is 0 Å². The highest BCUT2D eigenvalue weighted by atomic mass is 16.5. The van der Waals surface area contributed by atoms with Crippen LogP contribution in [0, 0.1) is 13.8 Å². The Balaban J connectivity index is 1.69. The van der Waals surface area contributed by atoms with Crippen molar-refractivity contribution in [3.63, 3.8) is 0 Å². The smallest absolute Gasteiger partial charge is 0.340 e. The van der Waals surface area contributed by atoms with Gasteiger partial charge in [0, 0.05) is 17.2 Å². The largest absolute Gasteiger partial charge is 0.462 e. The van der Waals surface area contributed by atoms with Crippen LogP contribution in [0.1, 0.15) is 51.6 Å². The van der Waals surface area contributed by atoms with Gasteiger partial charge in [-0.3, -0.25) is 4.79 Å². The lowest BCUT2D eigenvalue weighted by atomic mass is 10.1. The highest BCUT2D eigenvalue weighted by Crippen LogP contribution is 2.21. The zero-order valence-corrected chi connectivity index (χ0v) is 17.9. The first-order valence-electron chi connectivity index (χ1n) is 9.96. The molecule has 0 fully saturated rings. The lowest BCUT2D eigenvalue weighted by Gasteiger charge is -2.10. The number of aryl methyl sites for hydroxylation is 1. The first-order chi connectivity index (χ1) is 14.8. The van der Waals surface area contributed by atoms with Crippen molar-refractivity contribution >= 4 is 34.7 Å². The van der Waals surface area contributed by atoms with Gasteiger partial charge in [0.1, 0.15) is 0 Å². The van der Waals surface area contributed by atoms with Gasteiger partial charge in [0.2, 0.25) is 5.78 Å². The van der Waals surface area contributed by atoms with E-state index in [-0.39, 0.29) is 12.3 Å². The Morgan fingerprint density at radius 3 is 2.61 bits per heavy atom. The zero-order valence-electron chi connectivity index (χ0n) is 17.9. The fourth-order valence-electron chi connectivity index (χ4n) is 3.30. The lowest BCUT2D eigenvalue weighted by Crippen LogP contribution is -2.24. The molecule has 0 saturated heterocycles. The molecular formula is C24H24N2O5. The van der Waals surface area contributed by atoms with Crippen LogP contribution >= 0.6 is 0 Å². The fraction of sp³-hybridized carbons (Fsp3) is 0.250. The Bertz CT molecular complexity index is 1180. The minimum absolute atomic E-state index is 0.223. The van der Waals surface area contributed by atoms with Gasteiger partial charge < -0.3 is 14.5 Å². The van der Waals surface area contributed by atoms with Gasteiger partial charge >= 0.3 is 11.9 Å². The molecule has 3 aromatic rings. The second-order valence-corrected chi connectivity index (χ2v) is 7.05. The molecule has 2 aromatic heterocycles. The molecule has 0 spiro atoms. The molecule has 1 N–H and O–H groups in total. The van der Waals surface area contributed by atoms with Crippen LogP contribution in [0.5, 0.6) is 0 Å². The molecule has 3 rings (SSSR count). The summed E-state index contributed by atoms with van der Waals surface area (Å²) in [6.45, 7) is 6.78. The van der Waals surface area contributed by atoms with Gasteiger partial charge in [-0.05, 0) is 51.5 Å². The van der Waals surface area contributed by atoms with Crippen molar-refractivity contribution in [3.05, 3.63) is 70.7 Å². The van der Waals surface area contributed by atoms with Crippen LogP contribution in [-0.2, 0) is 14.3 Å². The molecule has 0 amide bonds. The second-order valence-electron chi connectivity index (χ2n) is 7.05. The number of hydrogen-bond acceptors (Lipinski definition) is 6. The van der Waals surface area contributed by atoms with Crippen LogP contribution < -0.4 is 0 Å². The average Bonchev–Trinajstić information content (AvgIpc) is 3.05. The van der Waals surface area contributed by atoms with E-state index in [1.54, 1.807) is 26.8 Å². The Labute approximate surface area is 180 Å². The van der Waals surface area contributed by atoms with Crippen LogP contribution in [-0.4, -0.2) is 40.4 Å². The summed E-state index contributed by atoms with van der Waals surface area (Å²) < 4.78 is 10.3. The Kier molecular flexibility index (Phi) is 6.65. The van der Waals surface area contributed by atoms with Crippen molar-refractivity contribution in [2.24, 2.45) is 0 Å². The van der Waals surface area contributed by atoms with Crippen molar-refractivity contribution in [2.45, 2.75) is 33.8 Å². The predicted octanol–water partition coefficient (Wildman–Crippen LogP) is 4.18. The predicted molar refractivity (Wildman–Crippen MR) is 117 cm³/mol. The number of ether oxygens (including phenoxy) is 2. The average molecular weight is 420 g/mol. The number of para-hydroxylation sites is 1. The summed E-state index contributed by atoms with van der Waals surface area (Å²) >= 11 is 0. The number of rotatable bonds is 7. The fourth-order valence-corrected chi connectivity index (χ4v) is 3.30. The van der Waals surface area contributed by atoms with Gasteiger partial charge in [-0.2, -0.15) is 0 Å². The number of carbonyl (C=O) groups excluding carboxylic acids is 3. The van der Waals surface area contributed by atoms with E-state index < -0.39 is 23.8 Å². The number of aromatic amines is 1. The third-order valence-corrected chi connectivity index (χ3v) is 4.84. The number of carbonyl (C=O) groups is 3. The number of ketones is 1. The van der Waals surface area contributed by atoms with E-state index in [0.717, 1.165) is 10.9 Å². The second kappa shape index (κ2) is 9.38. The van der Waals surface area contributed by atoms with Gasteiger partial charge in [0.15, 0.2) is 6.10 Å². The van der Waals surface area contributed by atoms with E-state index in [2.05, 4.69) is 9.97 Å². The van der Waals surface area contributed by atoms with Gasteiger partial charge in [-0.25, -0.2) is 14.6 Å². The number of aromatic nitrogens is 2. The summed E-state index contributed by atoms with van der Waals surface area (Å²) in [5, 5.41) is 1.00. The van der Waals surface area contributed by atoms with Crippen molar-refractivity contribution < 1.29 is 23.9 Å². The van der Waals surface area contributed by atoms with Crippen molar-refractivity contribution in [1.82, 2.24) is 9.97 Å². The molecule has 7 nitrogen and oxygen atoms in total. The lowest BCUT2D eigenvalue weighted by molar-refractivity contribution is -0.140. The first kappa shape index (κ1) is 22.0. The third-order valence-electron chi connectivity index (χ3n) is 4.84. The summed E-state index contributed by atoms with van der Waals surface area (Å²) in [7, 11) is 0. The molecule has 0 radical (unpaired) electrons. The number of pyridine rings is 1. The maximum absolute atomic E-state index is 12.8. The van der Waals surface area contributed by atoms with Gasteiger partial charge in [-0.15, -0.1) is 0 Å². The zero-order chi connectivity index (χ0) is 22.5. The molecule has 2 heterocycles. The van der Waals surface area contributed by atoms with Gasteiger partial charge in [0.25, 0.3) is 0 Å². The monoisotopic (exact) mass is 420 g/mol. The van der Waals surface area contributed by atoms with Crippen molar-refractivity contribution in [3.8, 4) is 0 Å². The first-order valence-corrected chi connectivity index (χ1v) is 9.96. The SMILES string of the molecule is CCOC(=O)c1c(C)[nH]c(C(=O)[C@@H](C)OC(=O)/C=C/c2ccc3ccccc3n2)c1C. The van der Waals surface area contributed by atoms with Crippen molar-refractivity contribution in [1.29, 1.82) is 0 Å². The molecule has 0 bridgehead atoms. The molecule has 0 saturated carbocycles. The molecule has 0 aliphatic rings. The van der Waals surface area contributed by atoms with Crippen LogP contribution in [0.2, 0.25) is 0 Å². The number of fused-ring (bicyclic) bond motifs is 1. The van der Waals surface area contributed by atoms with Crippen LogP contribution in [0.15, 0.2) is 42.5 Å². The van der Waals surface area contributed by atoms with Gasteiger partial charge in [-0.1, -0.05) is 24.3 Å². The van der Waals surface area contributed by atoms with E-state index in [4.69, 9.17) is 9.47 Å². The molecule has 0 unspecified atom stereocenters. The Hall–Kier alpha value is -3.74.